The van der Waals surface area contributed by atoms with E-state index in [0.29, 0.717) is 29.6 Å². The van der Waals surface area contributed by atoms with Crippen LogP contribution in [0.2, 0.25) is 5.02 Å². The topological polar surface area (TPSA) is 21.3 Å². The molecular weight excluding hydrogens is 265 g/mol. The third-order valence-electron chi connectivity index (χ3n) is 4.50. The summed E-state index contributed by atoms with van der Waals surface area (Å²) < 4.78 is 19.8. The zero-order valence-electron chi connectivity index (χ0n) is 11.0. The molecule has 19 heavy (non-hydrogen) atoms. The standard InChI is InChI=1S/C15H19ClFNO/c1-18-14(12-8-11-4-5-15(12)19-11)6-9-2-3-10(16)7-13(9)17/h2-3,7,11-12,14-15,18H,4-6,8H2,1H3. The summed E-state index contributed by atoms with van der Waals surface area (Å²) in [7, 11) is 1.95. The lowest BCUT2D eigenvalue weighted by Gasteiger charge is -2.28. The number of benzene rings is 1. The molecule has 2 fully saturated rings. The molecule has 0 radical (unpaired) electrons. The maximum absolute atomic E-state index is 13.9. The minimum atomic E-state index is -0.211. The Bertz CT molecular complexity index is 467. The van der Waals surface area contributed by atoms with Crippen molar-refractivity contribution in [3.63, 3.8) is 0 Å². The fraction of sp³-hybridized carbons (Fsp3) is 0.600. The highest BCUT2D eigenvalue weighted by Gasteiger charge is 2.43. The smallest absolute Gasteiger partial charge is 0.127 e. The molecular formula is C15H19ClFNO. The first-order valence-electron chi connectivity index (χ1n) is 6.94. The maximum Gasteiger partial charge on any atom is 0.127 e. The molecule has 0 amide bonds. The van der Waals surface area contributed by atoms with Gasteiger partial charge in [-0.3, -0.25) is 0 Å². The van der Waals surface area contributed by atoms with Crippen molar-refractivity contribution < 1.29 is 9.13 Å². The lowest BCUT2D eigenvalue weighted by Crippen LogP contribution is -2.40. The molecule has 104 valence electrons. The van der Waals surface area contributed by atoms with Crippen molar-refractivity contribution >= 4 is 11.6 Å². The van der Waals surface area contributed by atoms with Gasteiger partial charge in [0, 0.05) is 17.0 Å². The summed E-state index contributed by atoms with van der Waals surface area (Å²) in [6.45, 7) is 0. The van der Waals surface area contributed by atoms with E-state index in [1.165, 1.54) is 12.5 Å². The molecule has 0 spiro atoms. The molecule has 0 saturated carbocycles. The van der Waals surface area contributed by atoms with Crippen molar-refractivity contribution in [3.8, 4) is 0 Å². The van der Waals surface area contributed by atoms with Gasteiger partial charge < -0.3 is 10.1 Å². The fourth-order valence-corrected chi connectivity index (χ4v) is 3.65. The summed E-state index contributed by atoms with van der Waals surface area (Å²) in [4.78, 5) is 0. The Balaban J connectivity index is 1.73. The molecule has 1 aromatic carbocycles. The highest BCUT2D eigenvalue weighted by molar-refractivity contribution is 6.30. The Labute approximate surface area is 118 Å². The lowest BCUT2D eigenvalue weighted by molar-refractivity contribution is 0.0862. The van der Waals surface area contributed by atoms with Gasteiger partial charge in [0.1, 0.15) is 5.82 Å². The third-order valence-corrected chi connectivity index (χ3v) is 4.73. The molecule has 2 heterocycles. The summed E-state index contributed by atoms with van der Waals surface area (Å²) in [5.41, 5.74) is 0.728. The van der Waals surface area contributed by atoms with Gasteiger partial charge in [0.2, 0.25) is 0 Å². The Hall–Kier alpha value is -0.640. The van der Waals surface area contributed by atoms with Crippen LogP contribution in [0.3, 0.4) is 0 Å². The first-order valence-corrected chi connectivity index (χ1v) is 7.32. The SMILES string of the molecule is CNC(Cc1ccc(Cl)cc1F)C1CC2CCC1O2. The second kappa shape index (κ2) is 5.39. The molecule has 4 heteroatoms. The van der Waals surface area contributed by atoms with Crippen LogP contribution in [0.4, 0.5) is 4.39 Å². The molecule has 1 N–H and O–H groups in total. The first-order chi connectivity index (χ1) is 9.17. The predicted octanol–water partition coefficient (Wildman–Crippen LogP) is 3.18. The van der Waals surface area contributed by atoms with Crippen molar-refractivity contribution in [1.82, 2.24) is 5.32 Å². The highest BCUT2D eigenvalue weighted by atomic mass is 35.5. The molecule has 2 saturated heterocycles. The molecule has 1 aromatic rings. The van der Waals surface area contributed by atoms with Crippen molar-refractivity contribution in [2.24, 2.45) is 5.92 Å². The number of hydrogen-bond donors (Lipinski definition) is 1. The predicted molar refractivity (Wildman–Crippen MR) is 74.0 cm³/mol. The largest absolute Gasteiger partial charge is 0.375 e. The van der Waals surface area contributed by atoms with Crippen LogP contribution in [0.25, 0.3) is 0 Å². The van der Waals surface area contributed by atoms with Gasteiger partial charge >= 0.3 is 0 Å². The van der Waals surface area contributed by atoms with E-state index in [1.807, 2.05) is 7.05 Å². The summed E-state index contributed by atoms with van der Waals surface area (Å²) in [5, 5.41) is 3.79. The average molecular weight is 284 g/mol. The first kappa shape index (κ1) is 13.3. The molecule has 2 bridgehead atoms. The van der Waals surface area contributed by atoms with Gasteiger partial charge in [-0.2, -0.15) is 0 Å². The Morgan fingerprint density at radius 3 is 2.89 bits per heavy atom. The van der Waals surface area contributed by atoms with Crippen LogP contribution in [0.15, 0.2) is 18.2 Å². The van der Waals surface area contributed by atoms with Gasteiger partial charge in [-0.05, 0) is 50.4 Å². The molecule has 3 rings (SSSR count). The zero-order valence-corrected chi connectivity index (χ0v) is 11.8. The Kier molecular flexibility index (Phi) is 3.79. The van der Waals surface area contributed by atoms with E-state index < -0.39 is 0 Å². The van der Waals surface area contributed by atoms with E-state index in [0.717, 1.165) is 18.4 Å². The maximum atomic E-state index is 13.9. The summed E-state index contributed by atoms with van der Waals surface area (Å²) in [6.07, 6.45) is 4.92. The van der Waals surface area contributed by atoms with Gasteiger partial charge in [-0.25, -0.2) is 4.39 Å². The van der Waals surface area contributed by atoms with Crippen molar-refractivity contribution in [2.75, 3.05) is 7.05 Å². The summed E-state index contributed by atoms with van der Waals surface area (Å²) in [6, 6.07) is 5.20. The van der Waals surface area contributed by atoms with E-state index >= 15 is 0 Å². The summed E-state index contributed by atoms with van der Waals surface area (Å²) >= 11 is 5.79. The highest BCUT2D eigenvalue weighted by Crippen LogP contribution is 2.41. The number of fused-ring (bicyclic) bond motifs is 2. The number of hydrogen-bond acceptors (Lipinski definition) is 2. The van der Waals surface area contributed by atoms with E-state index in [-0.39, 0.29) is 11.9 Å². The van der Waals surface area contributed by atoms with Crippen LogP contribution >= 0.6 is 11.6 Å². The van der Waals surface area contributed by atoms with Gasteiger partial charge in [-0.15, -0.1) is 0 Å². The molecule has 2 nitrogen and oxygen atoms in total. The minimum absolute atomic E-state index is 0.211. The van der Waals surface area contributed by atoms with Crippen molar-refractivity contribution in [3.05, 3.63) is 34.6 Å². The number of ether oxygens (including phenoxy) is 1. The monoisotopic (exact) mass is 283 g/mol. The van der Waals surface area contributed by atoms with Gasteiger partial charge in [-0.1, -0.05) is 17.7 Å². The van der Waals surface area contributed by atoms with E-state index in [9.17, 15) is 4.39 Å². The molecule has 4 atom stereocenters. The molecule has 0 aliphatic carbocycles. The van der Waals surface area contributed by atoms with Crippen LogP contribution in [0.1, 0.15) is 24.8 Å². The second-order valence-corrected chi connectivity index (χ2v) is 6.04. The Morgan fingerprint density at radius 2 is 2.32 bits per heavy atom. The van der Waals surface area contributed by atoms with Crippen molar-refractivity contribution in [2.45, 2.75) is 43.9 Å². The van der Waals surface area contributed by atoms with E-state index in [1.54, 1.807) is 12.1 Å². The van der Waals surface area contributed by atoms with Gasteiger partial charge in [0.05, 0.1) is 12.2 Å². The van der Waals surface area contributed by atoms with E-state index in [2.05, 4.69) is 5.32 Å². The van der Waals surface area contributed by atoms with E-state index in [4.69, 9.17) is 16.3 Å². The second-order valence-electron chi connectivity index (χ2n) is 5.61. The van der Waals surface area contributed by atoms with Crippen LogP contribution < -0.4 is 5.32 Å². The zero-order chi connectivity index (χ0) is 13.4. The van der Waals surface area contributed by atoms with Crippen molar-refractivity contribution in [1.29, 1.82) is 0 Å². The summed E-state index contributed by atoms with van der Waals surface area (Å²) in [5.74, 6) is 0.288. The molecule has 2 aliphatic rings. The average Bonchev–Trinajstić information content (AvgIpc) is 3.00. The number of rotatable bonds is 4. The third kappa shape index (κ3) is 2.64. The van der Waals surface area contributed by atoms with Crippen LogP contribution in [-0.2, 0) is 11.2 Å². The number of halogens is 2. The minimum Gasteiger partial charge on any atom is -0.375 e. The molecule has 4 unspecified atom stereocenters. The van der Waals surface area contributed by atoms with Crippen LogP contribution in [0, 0.1) is 11.7 Å². The van der Waals surface area contributed by atoms with Crippen LogP contribution in [-0.4, -0.2) is 25.3 Å². The van der Waals surface area contributed by atoms with Crippen LogP contribution in [0.5, 0.6) is 0 Å². The number of nitrogens with one attached hydrogen (secondary N) is 1. The quantitative estimate of drug-likeness (QED) is 0.916. The molecule has 0 aromatic heterocycles. The molecule has 2 aliphatic heterocycles. The number of likely N-dealkylation sites (N-methyl/N-ethyl adjacent to an activating group) is 1. The van der Waals surface area contributed by atoms with Gasteiger partial charge in [0.15, 0.2) is 0 Å². The normalized spacial score (nSPS) is 30.8. The lowest BCUT2D eigenvalue weighted by atomic mass is 9.81. The van der Waals surface area contributed by atoms with Gasteiger partial charge in [0.25, 0.3) is 0 Å². The fourth-order valence-electron chi connectivity index (χ4n) is 3.49. The Morgan fingerprint density at radius 1 is 1.47 bits per heavy atom.